The van der Waals surface area contributed by atoms with Crippen LogP contribution in [0.1, 0.15) is 23.6 Å². The number of benzene rings is 2. The lowest BCUT2D eigenvalue weighted by atomic mass is 10.1. The molecule has 0 aliphatic heterocycles. The van der Waals surface area contributed by atoms with Gasteiger partial charge in [0.05, 0.1) is 5.69 Å². The summed E-state index contributed by atoms with van der Waals surface area (Å²) in [6.45, 7) is 6.10. The lowest BCUT2D eigenvalue weighted by Crippen LogP contribution is -2.20. The fraction of sp³-hybridized carbons (Fsp3) is 0.278. The average Bonchev–Trinajstić information content (AvgIpc) is 2.50. The van der Waals surface area contributed by atoms with Crippen LogP contribution in [0.5, 0.6) is 5.75 Å². The maximum Gasteiger partial charge on any atom is 0.262 e. The van der Waals surface area contributed by atoms with Crippen LogP contribution in [0.2, 0.25) is 0 Å². The SMILES string of the molecule is CCc1ccc(NC(=O)COc2cccc(C)c2C)c(Br)c1. The predicted molar refractivity (Wildman–Crippen MR) is 93.6 cm³/mol. The van der Waals surface area contributed by atoms with Crippen molar-refractivity contribution in [2.75, 3.05) is 11.9 Å². The number of aryl methyl sites for hydroxylation is 2. The van der Waals surface area contributed by atoms with Gasteiger partial charge in [-0.3, -0.25) is 4.79 Å². The number of carbonyl (C=O) groups excluding carboxylic acids is 1. The molecule has 0 atom stereocenters. The Balaban J connectivity index is 1.97. The third-order valence-electron chi connectivity index (χ3n) is 3.63. The molecule has 0 saturated heterocycles. The maximum absolute atomic E-state index is 12.0. The van der Waals surface area contributed by atoms with Gasteiger partial charge in [-0.15, -0.1) is 0 Å². The van der Waals surface area contributed by atoms with Gasteiger partial charge >= 0.3 is 0 Å². The van der Waals surface area contributed by atoms with Gasteiger partial charge in [0, 0.05) is 4.47 Å². The Hall–Kier alpha value is -1.81. The van der Waals surface area contributed by atoms with E-state index in [2.05, 4.69) is 28.2 Å². The molecular weight excluding hydrogens is 342 g/mol. The second-order valence-electron chi connectivity index (χ2n) is 5.20. The van der Waals surface area contributed by atoms with E-state index >= 15 is 0 Å². The molecule has 116 valence electrons. The summed E-state index contributed by atoms with van der Waals surface area (Å²) in [7, 11) is 0. The summed E-state index contributed by atoms with van der Waals surface area (Å²) >= 11 is 3.48. The highest BCUT2D eigenvalue weighted by molar-refractivity contribution is 9.10. The molecule has 3 nitrogen and oxygen atoms in total. The van der Waals surface area contributed by atoms with Crippen LogP contribution in [-0.2, 0) is 11.2 Å². The highest BCUT2D eigenvalue weighted by Gasteiger charge is 2.08. The summed E-state index contributed by atoms with van der Waals surface area (Å²) < 4.78 is 6.49. The predicted octanol–water partition coefficient (Wildman–Crippen LogP) is 4.65. The Bertz CT molecular complexity index is 683. The summed E-state index contributed by atoms with van der Waals surface area (Å²) in [5.41, 5.74) is 4.18. The zero-order chi connectivity index (χ0) is 16.1. The minimum Gasteiger partial charge on any atom is -0.483 e. The molecule has 0 bridgehead atoms. The first kappa shape index (κ1) is 16.6. The van der Waals surface area contributed by atoms with Crippen LogP contribution < -0.4 is 10.1 Å². The molecule has 0 unspecified atom stereocenters. The normalized spacial score (nSPS) is 10.4. The minimum atomic E-state index is -0.175. The summed E-state index contributed by atoms with van der Waals surface area (Å²) in [6, 6.07) is 11.7. The molecule has 2 aromatic carbocycles. The van der Waals surface area contributed by atoms with E-state index in [9.17, 15) is 4.79 Å². The molecule has 0 radical (unpaired) electrons. The molecule has 0 aliphatic carbocycles. The average molecular weight is 362 g/mol. The van der Waals surface area contributed by atoms with Crippen LogP contribution in [-0.4, -0.2) is 12.5 Å². The van der Waals surface area contributed by atoms with E-state index in [0.717, 1.165) is 33.5 Å². The monoisotopic (exact) mass is 361 g/mol. The summed E-state index contributed by atoms with van der Waals surface area (Å²) in [5.74, 6) is 0.571. The molecule has 0 fully saturated rings. The minimum absolute atomic E-state index is 0.00768. The van der Waals surface area contributed by atoms with Gasteiger partial charge in [-0.1, -0.05) is 25.1 Å². The Labute approximate surface area is 139 Å². The Kier molecular flexibility index (Phi) is 5.61. The molecule has 1 amide bonds. The van der Waals surface area contributed by atoms with Crippen molar-refractivity contribution in [2.45, 2.75) is 27.2 Å². The molecular formula is C18H20BrNO2. The second-order valence-corrected chi connectivity index (χ2v) is 6.06. The molecule has 1 N–H and O–H groups in total. The molecule has 0 saturated carbocycles. The van der Waals surface area contributed by atoms with Crippen molar-refractivity contribution in [3.63, 3.8) is 0 Å². The molecule has 22 heavy (non-hydrogen) atoms. The van der Waals surface area contributed by atoms with E-state index < -0.39 is 0 Å². The van der Waals surface area contributed by atoms with Gasteiger partial charge in [0.2, 0.25) is 0 Å². The number of halogens is 1. The first-order valence-electron chi connectivity index (χ1n) is 7.28. The van der Waals surface area contributed by atoms with Crippen molar-refractivity contribution in [2.24, 2.45) is 0 Å². The van der Waals surface area contributed by atoms with Crippen molar-refractivity contribution in [1.82, 2.24) is 0 Å². The number of ether oxygens (including phenoxy) is 1. The van der Waals surface area contributed by atoms with Crippen LogP contribution in [0.15, 0.2) is 40.9 Å². The lowest BCUT2D eigenvalue weighted by Gasteiger charge is -2.12. The molecule has 0 heterocycles. The number of hydrogen-bond donors (Lipinski definition) is 1. The first-order valence-corrected chi connectivity index (χ1v) is 8.08. The molecule has 0 spiro atoms. The summed E-state index contributed by atoms with van der Waals surface area (Å²) in [4.78, 5) is 12.0. The third-order valence-corrected chi connectivity index (χ3v) is 4.29. The van der Waals surface area contributed by atoms with E-state index in [1.807, 2.05) is 50.2 Å². The largest absolute Gasteiger partial charge is 0.483 e. The van der Waals surface area contributed by atoms with Crippen molar-refractivity contribution < 1.29 is 9.53 Å². The second kappa shape index (κ2) is 7.45. The van der Waals surface area contributed by atoms with E-state index in [4.69, 9.17) is 4.74 Å². The fourth-order valence-corrected chi connectivity index (χ4v) is 2.62. The molecule has 2 rings (SSSR count). The zero-order valence-corrected chi connectivity index (χ0v) is 14.7. The number of hydrogen-bond acceptors (Lipinski definition) is 2. The van der Waals surface area contributed by atoms with Gasteiger partial charge in [-0.2, -0.15) is 0 Å². The highest BCUT2D eigenvalue weighted by atomic mass is 79.9. The lowest BCUT2D eigenvalue weighted by molar-refractivity contribution is -0.118. The smallest absolute Gasteiger partial charge is 0.262 e. The fourth-order valence-electron chi connectivity index (χ4n) is 2.09. The highest BCUT2D eigenvalue weighted by Crippen LogP contribution is 2.24. The van der Waals surface area contributed by atoms with Gasteiger partial charge in [-0.05, 0) is 71.1 Å². The third kappa shape index (κ3) is 4.10. The molecule has 0 aliphatic rings. The maximum atomic E-state index is 12.0. The van der Waals surface area contributed by atoms with Crippen LogP contribution in [0, 0.1) is 13.8 Å². The van der Waals surface area contributed by atoms with Crippen molar-refractivity contribution in [3.05, 3.63) is 57.6 Å². The van der Waals surface area contributed by atoms with E-state index in [-0.39, 0.29) is 12.5 Å². The standard InChI is InChI=1S/C18H20BrNO2/c1-4-14-8-9-16(15(19)10-14)20-18(21)11-22-17-7-5-6-12(2)13(17)3/h5-10H,4,11H2,1-3H3,(H,20,21). The number of nitrogens with one attached hydrogen (secondary N) is 1. The van der Waals surface area contributed by atoms with Crippen LogP contribution in [0.3, 0.4) is 0 Å². The Morgan fingerprint density at radius 2 is 2.00 bits per heavy atom. The van der Waals surface area contributed by atoms with Crippen LogP contribution in [0.25, 0.3) is 0 Å². The van der Waals surface area contributed by atoms with Gasteiger partial charge in [0.25, 0.3) is 5.91 Å². The summed E-state index contributed by atoms with van der Waals surface area (Å²) in [6.07, 6.45) is 0.961. The number of carbonyl (C=O) groups is 1. The number of anilines is 1. The van der Waals surface area contributed by atoms with Gasteiger partial charge in [0.1, 0.15) is 5.75 Å². The zero-order valence-electron chi connectivity index (χ0n) is 13.1. The Morgan fingerprint density at radius 3 is 2.68 bits per heavy atom. The van der Waals surface area contributed by atoms with Crippen LogP contribution in [0.4, 0.5) is 5.69 Å². The first-order chi connectivity index (χ1) is 10.5. The van der Waals surface area contributed by atoms with E-state index in [0.29, 0.717) is 0 Å². The van der Waals surface area contributed by atoms with Gasteiger partial charge in [-0.25, -0.2) is 0 Å². The number of rotatable bonds is 5. The van der Waals surface area contributed by atoms with Crippen molar-refractivity contribution >= 4 is 27.5 Å². The van der Waals surface area contributed by atoms with Gasteiger partial charge in [0.15, 0.2) is 6.61 Å². The van der Waals surface area contributed by atoms with Crippen molar-refractivity contribution in [1.29, 1.82) is 0 Å². The van der Waals surface area contributed by atoms with Crippen LogP contribution >= 0.6 is 15.9 Å². The number of amides is 1. The summed E-state index contributed by atoms with van der Waals surface area (Å²) in [5, 5.41) is 2.86. The molecule has 2 aromatic rings. The Morgan fingerprint density at radius 1 is 1.23 bits per heavy atom. The molecule has 4 heteroatoms. The van der Waals surface area contributed by atoms with Crippen molar-refractivity contribution in [3.8, 4) is 5.75 Å². The van der Waals surface area contributed by atoms with E-state index in [1.165, 1.54) is 5.56 Å². The van der Waals surface area contributed by atoms with Gasteiger partial charge < -0.3 is 10.1 Å². The van der Waals surface area contributed by atoms with E-state index in [1.54, 1.807) is 0 Å². The molecule has 0 aromatic heterocycles. The quantitative estimate of drug-likeness (QED) is 0.841. The topological polar surface area (TPSA) is 38.3 Å².